The molecule has 0 saturated carbocycles. The van der Waals surface area contributed by atoms with Crippen molar-refractivity contribution in [2.75, 3.05) is 17.7 Å². The standard InChI is InChI=1S/C11H12N4O2S2/c1-15(6-8-2-4-12-5-3-8)10-13-14-11(19-10)18-7-9(16)17/h2-5H,6-7H2,1H3,(H,16,17). The number of hydrogen-bond donors (Lipinski definition) is 1. The molecule has 100 valence electrons. The Hall–Kier alpha value is -1.67. The summed E-state index contributed by atoms with van der Waals surface area (Å²) >= 11 is 2.57. The van der Waals surface area contributed by atoms with Gasteiger partial charge in [-0.25, -0.2) is 0 Å². The van der Waals surface area contributed by atoms with Gasteiger partial charge in [-0.3, -0.25) is 9.78 Å². The number of carbonyl (C=O) groups is 1. The van der Waals surface area contributed by atoms with Crippen molar-refractivity contribution in [3.8, 4) is 0 Å². The first-order valence-electron chi connectivity index (χ1n) is 5.43. The molecular formula is C11H12N4O2S2. The molecule has 1 N–H and O–H groups in total. The fourth-order valence-corrected chi connectivity index (χ4v) is 2.89. The molecule has 0 atom stereocenters. The van der Waals surface area contributed by atoms with Crippen LogP contribution in [0, 0.1) is 0 Å². The Morgan fingerprint density at radius 2 is 2.16 bits per heavy atom. The largest absolute Gasteiger partial charge is 0.481 e. The highest BCUT2D eigenvalue weighted by atomic mass is 32.2. The first-order chi connectivity index (χ1) is 9.15. The van der Waals surface area contributed by atoms with Gasteiger partial charge in [-0.15, -0.1) is 10.2 Å². The predicted molar refractivity (Wildman–Crippen MR) is 74.6 cm³/mol. The summed E-state index contributed by atoms with van der Waals surface area (Å²) in [6, 6.07) is 3.88. The molecule has 0 amide bonds. The summed E-state index contributed by atoms with van der Waals surface area (Å²) in [5, 5.41) is 17.4. The molecule has 6 nitrogen and oxygen atoms in total. The molecule has 2 aromatic heterocycles. The van der Waals surface area contributed by atoms with Crippen molar-refractivity contribution in [3.63, 3.8) is 0 Å². The van der Waals surface area contributed by atoms with E-state index in [4.69, 9.17) is 5.11 Å². The van der Waals surface area contributed by atoms with Crippen LogP contribution < -0.4 is 4.90 Å². The minimum absolute atomic E-state index is 0.00268. The molecule has 2 rings (SSSR count). The monoisotopic (exact) mass is 296 g/mol. The lowest BCUT2D eigenvalue weighted by atomic mass is 10.2. The Morgan fingerprint density at radius 3 is 2.84 bits per heavy atom. The lowest BCUT2D eigenvalue weighted by molar-refractivity contribution is -0.133. The van der Waals surface area contributed by atoms with E-state index < -0.39 is 5.97 Å². The summed E-state index contributed by atoms with van der Waals surface area (Å²) in [5.74, 6) is -0.852. The molecule has 0 spiro atoms. The second-order valence-corrected chi connectivity index (χ2v) is 5.92. The van der Waals surface area contributed by atoms with Crippen molar-refractivity contribution in [1.29, 1.82) is 0 Å². The van der Waals surface area contributed by atoms with Crippen LogP contribution in [0.15, 0.2) is 28.9 Å². The Balaban J connectivity index is 1.96. The highest BCUT2D eigenvalue weighted by Crippen LogP contribution is 2.27. The van der Waals surface area contributed by atoms with Crippen LogP contribution in [0.5, 0.6) is 0 Å². The lowest BCUT2D eigenvalue weighted by Gasteiger charge is -2.14. The van der Waals surface area contributed by atoms with Gasteiger partial charge in [0.25, 0.3) is 0 Å². The van der Waals surface area contributed by atoms with Gasteiger partial charge in [-0.1, -0.05) is 23.1 Å². The fraction of sp³-hybridized carbons (Fsp3) is 0.273. The number of pyridine rings is 1. The summed E-state index contributed by atoms with van der Waals surface area (Å²) in [7, 11) is 1.92. The van der Waals surface area contributed by atoms with Gasteiger partial charge >= 0.3 is 5.97 Å². The molecule has 0 aromatic carbocycles. The average molecular weight is 296 g/mol. The van der Waals surface area contributed by atoms with E-state index in [1.54, 1.807) is 12.4 Å². The summed E-state index contributed by atoms with van der Waals surface area (Å²) in [4.78, 5) is 16.4. The first kappa shape index (κ1) is 13.8. The van der Waals surface area contributed by atoms with E-state index in [0.717, 1.165) is 10.7 Å². The van der Waals surface area contributed by atoms with Crippen molar-refractivity contribution >= 4 is 34.2 Å². The Labute approximate surface area is 118 Å². The van der Waals surface area contributed by atoms with E-state index >= 15 is 0 Å². The van der Waals surface area contributed by atoms with Crippen molar-refractivity contribution in [3.05, 3.63) is 30.1 Å². The van der Waals surface area contributed by atoms with E-state index in [1.807, 2.05) is 24.1 Å². The number of aromatic nitrogens is 3. The molecule has 0 aliphatic rings. The third-order valence-corrected chi connectivity index (χ3v) is 4.37. The van der Waals surface area contributed by atoms with Crippen molar-refractivity contribution in [1.82, 2.24) is 15.2 Å². The maximum absolute atomic E-state index is 10.5. The van der Waals surface area contributed by atoms with Gasteiger partial charge in [-0.05, 0) is 17.7 Å². The van der Waals surface area contributed by atoms with Gasteiger partial charge < -0.3 is 10.0 Å². The number of carboxylic acids is 1. The number of nitrogens with zero attached hydrogens (tertiary/aromatic N) is 4. The van der Waals surface area contributed by atoms with E-state index in [2.05, 4.69) is 15.2 Å². The van der Waals surface area contributed by atoms with Gasteiger partial charge in [0, 0.05) is 26.0 Å². The molecular weight excluding hydrogens is 284 g/mol. The Kier molecular flexibility index (Phi) is 4.69. The molecule has 0 aliphatic carbocycles. The van der Waals surface area contributed by atoms with Crippen molar-refractivity contribution in [2.24, 2.45) is 0 Å². The lowest BCUT2D eigenvalue weighted by Crippen LogP contribution is -2.15. The summed E-state index contributed by atoms with van der Waals surface area (Å²) in [6.45, 7) is 0.709. The summed E-state index contributed by atoms with van der Waals surface area (Å²) in [5.41, 5.74) is 1.13. The van der Waals surface area contributed by atoms with Gasteiger partial charge in [0.2, 0.25) is 5.13 Å². The van der Waals surface area contributed by atoms with Gasteiger partial charge in [-0.2, -0.15) is 0 Å². The minimum Gasteiger partial charge on any atom is -0.481 e. The topological polar surface area (TPSA) is 79.2 Å². The number of rotatable bonds is 6. The minimum atomic E-state index is -0.855. The number of hydrogen-bond acceptors (Lipinski definition) is 7. The van der Waals surface area contributed by atoms with Gasteiger partial charge in [0.1, 0.15) is 0 Å². The number of anilines is 1. The number of aliphatic carboxylic acids is 1. The highest BCUT2D eigenvalue weighted by Gasteiger charge is 2.10. The van der Waals surface area contributed by atoms with Gasteiger partial charge in [0.15, 0.2) is 4.34 Å². The second kappa shape index (κ2) is 6.48. The smallest absolute Gasteiger partial charge is 0.313 e. The molecule has 0 radical (unpaired) electrons. The van der Waals surface area contributed by atoms with E-state index in [-0.39, 0.29) is 5.75 Å². The number of thioether (sulfide) groups is 1. The average Bonchev–Trinajstić information content (AvgIpc) is 2.86. The van der Waals surface area contributed by atoms with Crippen molar-refractivity contribution < 1.29 is 9.90 Å². The molecule has 0 unspecified atom stereocenters. The molecule has 0 bridgehead atoms. The highest BCUT2D eigenvalue weighted by molar-refractivity contribution is 8.01. The third-order valence-electron chi connectivity index (χ3n) is 2.21. The van der Waals surface area contributed by atoms with E-state index in [1.165, 1.54) is 23.1 Å². The van der Waals surface area contributed by atoms with Crippen LogP contribution in [-0.2, 0) is 11.3 Å². The fourth-order valence-electron chi connectivity index (χ4n) is 1.37. The molecule has 0 saturated heterocycles. The Bertz CT molecular complexity index is 547. The first-order valence-corrected chi connectivity index (χ1v) is 7.23. The molecule has 8 heteroatoms. The van der Waals surface area contributed by atoms with Crippen LogP contribution in [-0.4, -0.2) is 39.1 Å². The Morgan fingerprint density at radius 1 is 1.42 bits per heavy atom. The van der Waals surface area contributed by atoms with Crippen molar-refractivity contribution in [2.45, 2.75) is 10.9 Å². The van der Waals surface area contributed by atoms with Crippen LogP contribution in [0.1, 0.15) is 5.56 Å². The normalized spacial score (nSPS) is 10.4. The maximum atomic E-state index is 10.5. The van der Waals surface area contributed by atoms with E-state index in [9.17, 15) is 4.79 Å². The predicted octanol–water partition coefficient (Wildman–Crippen LogP) is 1.75. The van der Waals surface area contributed by atoms with Crippen LogP contribution in [0.3, 0.4) is 0 Å². The van der Waals surface area contributed by atoms with E-state index in [0.29, 0.717) is 10.9 Å². The summed E-state index contributed by atoms with van der Waals surface area (Å²) in [6.07, 6.45) is 3.49. The molecule has 2 aromatic rings. The van der Waals surface area contributed by atoms with Crippen LogP contribution in [0.25, 0.3) is 0 Å². The van der Waals surface area contributed by atoms with Crippen LogP contribution in [0.4, 0.5) is 5.13 Å². The maximum Gasteiger partial charge on any atom is 0.313 e. The second-order valence-electron chi connectivity index (χ2n) is 3.74. The number of carboxylic acid groups (broad SMARTS) is 1. The van der Waals surface area contributed by atoms with Gasteiger partial charge in [0.05, 0.1) is 5.75 Å². The van der Waals surface area contributed by atoms with Crippen LogP contribution in [0.2, 0.25) is 0 Å². The molecule has 0 fully saturated rings. The molecule has 2 heterocycles. The zero-order chi connectivity index (χ0) is 13.7. The molecule has 0 aliphatic heterocycles. The SMILES string of the molecule is CN(Cc1ccncc1)c1nnc(SCC(=O)O)s1. The molecule has 19 heavy (non-hydrogen) atoms. The quantitative estimate of drug-likeness (QED) is 0.813. The van der Waals surface area contributed by atoms with Crippen LogP contribution >= 0.6 is 23.1 Å². The third kappa shape index (κ3) is 4.18. The summed E-state index contributed by atoms with van der Waals surface area (Å²) < 4.78 is 0.666. The zero-order valence-electron chi connectivity index (χ0n) is 10.2. The zero-order valence-corrected chi connectivity index (χ0v) is 11.8.